The lowest BCUT2D eigenvalue weighted by Gasteiger charge is -2.35. The second kappa shape index (κ2) is 6.73. The molecule has 4 heteroatoms. The molecule has 0 radical (unpaired) electrons. The molecule has 2 N–H and O–H groups in total. The van der Waals surface area contributed by atoms with E-state index < -0.39 is 0 Å². The van der Waals surface area contributed by atoms with Crippen LogP contribution in [0.2, 0.25) is 5.15 Å². The summed E-state index contributed by atoms with van der Waals surface area (Å²) in [7, 11) is 0. The van der Waals surface area contributed by atoms with Gasteiger partial charge in [0, 0.05) is 23.5 Å². The fraction of sp³-hybridized carbons (Fsp3) is 0.471. The number of pyridine rings is 1. The van der Waals surface area contributed by atoms with Crippen molar-refractivity contribution in [3.8, 4) is 0 Å². The topological polar surface area (TPSA) is 42.1 Å². The minimum Gasteiger partial charge on any atom is -0.330 e. The Bertz CT molecular complexity index is 612. The molecular formula is C17H22ClN3. The van der Waals surface area contributed by atoms with Gasteiger partial charge in [0.2, 0.25) is 0 Å². The van der Waals surface area contributed by atoms with E-state index >= 15 is 0 Å². The van der Waals surface area contributed by atoms with Crippen molar-refractivity contribution in [1.82, 2.24) is 9.88 Å². The maximum Gasteiger partial charge on any atom is 0.134 e. The molecule has 2 heterocycles. The van der Waals surface area contributed by atoms with E-state index in [-0.39, 0.29) is 0 Å². The molecule has 21 heavy (non-hydrogen) atoms. The second-order valence-corrected chi connectivity index (χ2v) is 6.19. The first-order valence-electron chi connectivity index (χ1n) is 7.76. The van der Waals surface area contributed by atoms with E-state index in [2.05, 4.69) is 22.0 Å². The van der Waals surface area contributed by atoms with E-state index in [1.807, 2.05) is 18.2 Å². The Morgan fingerprint density at radius 1 is 1.29 bits per heavy atom. The van der Waals surface area contributed by atoms with Crippen LogP contribution >= 0.6 is 11.6 Å². The Morgan fingerprint density at radius 3 is 3.00 bits per heavy atom. The summed E-state index contributed by atoms with van der Waals surface area (Å²) in [4.78, 5) is 7.05. The van der Waals surface area contributed by atoms with Gasteiger partial charge in [-0.15, -0.1) is 0 Å². The van der Waals surface area contributed by atoms with E-state index in [0.29, 0.717) is 11.2 Å². The Balaban J connectivity index is 1.84. The maximum atomic E-state index is 6.38. The number of halogens is 1. The predicted molar refractivity (Wildman–Crippen MR) is 88.5 cm³/mol. The SMILES string of the molecule is NCCC1CCCCN1Cc1cc2ccccc2nc1Cl. The third kappa shape index (κ3) is 3.37. The summed E-state index contributed by atoms with van der Waals surface area (Å²) in [5.41, 5.74) is 7.84. The summed E-state index contributed by atoms with van der Waals surface area (Å²) in [6.45, 7) is 2.76. The summed E-state index contributed by atoms with van der Waals surface area (Å²) >= 11 is 6.38. The molecule has 3 nitrogen and oxygen atoms in total. The lowest BCUT2D eigenvalue weighted by atomic mass is 9.98. The maximum absolute atomic E-state index is 6.38. The number of rotatable bonds is 4. The molecule has 0 saturated carbocycles. The van der Waals surface area contributed by atoms with Crippen LogP contribution in [-0.4, -0.2) is 29.0 Å². The highest BCUT2D eigenvalue weighted by molar-refractivity contribution is 6.30. The molecule has 112 valence electrons. The molecule has 3 rings (SSSR count). The standard InChI is InChI=1S/C17H22ClN3/c18-17-14(11-13-5-1-2-7-16(13)20-17)12-21-10-4-3-6-15(21)8-9-19/h1-2,5,7,11,15H,3-4,6,8-10,12,19H2. The average Bonchev–Trinajstić information content (AvgIpc) is 2.50. The van der Waals surface area contributed by atoms with Gasteiger partial charge < -0.3 is 5.73 Å². The number of hydrogen-bond donors (Lipinski definition) is 1. The van der Waals surface area contributed by atoms with E-state index in [9.17, 15) is 0 Å². The van der Waals surface area contributed by atoms with Gasteiger partial charge in [-0.3, -0.25) is 4.90 Å². The van der Waals surface area contributed by atoms with Crippen LogP contribution in [0.5, 0.6) is 0 Å². The molecule has 1 unspecified atom stereocenters. The summed E-state index contributed by atoms with van der Waals surface area (Å²) in [6, 6.07) is 10.9. The number of benzene rings is 1. The zero-order chi connectivity index (χ0) is 14.7. The van der Waals surface area contributed by atoms with Crippen molar-refractivity contribution in [2.75, 3.05) is 13.1 Å². The van der Waals surface area contributed by atoms with Gasteiger partial charge in [0.1, 0.15) is 5.15 Å². The minimum absolute atomic E-state index is 0.589. The third-order valence-corrected chi connectivity index (χ3v) is 4.70. The zero-order valence-corrected chi connectivity index (χ0v) is 13.0. The van der Waals surface area contributed by atoms with Crippen molar-refractivity contribution >= 4 is 22.5 Å². The quantitative estimate of drug-likeness (QED) is 0.878. The van der Waals surface area contributed by atoms with Crippen molar-refractivity contribution < 1.29 is 0 Å². The number of likely N-dealkylation sites (tertiary alicyclic amines) is 1. The molecular weight excluding hydrogens is 282 g/mol. The van der Waals surface area contributed by atoms with Crippen LogP contribution in [0.3, 0.4) is 0 Å². The normalized spacial score (nSPS) is 20.0. The second-order valence-electron chi connectivity index (χ2n) is 5.83. The van der Waals surface area contributed by atoms with Gasteiger partial charge >= 0.3 is 0 Å². The van der Waals surface area contributed by atoms with Crippen LogP contribution in [0.1, 0.15) is 31.2 Å². The largest absolute Gasteiger partial charge is 0.330 e. The lowest BCUT2D eigenvalue weighted by Crippen LogP contribution is -2.40. The highest BCUT2D eigenvalue weighted by Gasteiger charge is 2.22. The first kappa shape index (κ1) is 14.8. The number of nitrogens with two attached hydrogens (primary N) is 1. The number of piperidine rings is 1. The zero-order valence-electron chi connectivity index (χ0n) is 12.3. The fourth-order valence-corrected chi connectivity index (χ4v) is 3.46. The minimum atomic E-state index is 0.589. The van der Waals surface area contributed by atoms with Gasteiger partial charge in [-0.2, -0.15) is 0 Å². The van der Waals surface area contributed by atoms with Gasteiger partial charge in [0.25, 0.3) is 0 Å². The van der Waals surface area contributed by atoms with Gasteiger partial charge in [0.05, 0.1) is 5.52 Å². The molecule has 1 aromatic carbocycles. The Hall–Kier alpha value is -1.16. The van der Waals surface area contributed by atoms with Crippen LogP contribution in [0.25, 0.3) is 10.9 Å². The highest BCUT2D eigenvalue weighted by atomic mass is 35.5. The Labute approximate surface area is 131 Å². The number of fused-ring (bicyclic) bond motifs is 1. The smallest absolute Gasteiger partial charge is 0.134 e. The Morgan fingerprint density at radius 2 is 2.14 bits per heavy atom. The van der Waals surface area contributed by atoms with Crippen molar-refractivity contribution in [2.45, 2.75) is 38.3 Å². The predicted octanol–water partition coefficient (Wildman–Crippen LogP) is 3.59. The van der Waals surface area contributed by atoms with Crippen LogP contribution in [-0.2, 0) is 6.54 Å². The van der Waals surface area contributed by atoms with Gasteiger partial charge in [-0.1, -0.05) is 36.2 Å². The molecule has 1 saturated heterocycles. The number of nitrogens with zero attached hydrogens (tertiary/aromatic N) is 2. The molecule has 0 spiro atoms. The molecule has 2 aromatic rings. The molecule has 0 aliphatic carbocycles. The Kier molecular flexibility index (Phi) is 4.73. The first-order valence-corrected chi connectivity index (χ1v) is 8.14. The third-order valence-electron chi connectivity index (χ3n) is 4.37. The lowest BCUT2D eigenvalue weighted by molar-refractivity contribution is 0.134. The monoisotopic (exact) mass is 303 g/mol. The molecule has 1 aromatic heterocycles. The van der Waals surface area contributed by atoms with E-state index in [1.54, 1.807) is 0 Å². The van der Waals surface area contributed by atoms with Crippen LogP contribution in [0.4, 0.5) is 0 Å². The van der Waals surface area contributed by atoms with Crippen molar-refractivity contribution in [1.29, 1.82) is 0 Å². The van der Waals surface area contributed by atoms with Crippen molar-refractivity contribution in [3.63, 3.8) is 0 Å². The van der Waals surface area contributed by atoms with Crippen molar-refractivity contribution in [2.24, 2.45) is 5.73 Å². The highest BCUT2D eigenvalue weighted by Crippen LogP contribution is 2.26. The molecule has 0 amide bonds. The molecule has 1 atom stereocenters. The van der Waals surface area contributed by atoms with Gasteiger partial charge in [-0.25, -0.2) is 4.98 Å². The van der Waals surface area contributed by atoms with E-state index in [4.69, 9.17) is 17.3 Å². The van der Waals surface area contributed by atoms with Crippen LogP contribution in [0.15, 0.2) is 30.3 Å². The van der Waals surface area contributed by atoms with Crippen LogP contribution in [0, 0.1) is 0 Å². The van der Waals surface area contributed by atoms with E-state index in [1.165, 1.54) is 19.3 Å². The van der Waals surface area contributed by atoms with Gasteiger partial charge in [0.15, 0.2) is 0 Å². The number of hydrogen-bond acceptors (Lipinski definition) is 3. The summed E-state index contributed by atoms with van der Waals surface area (Å²) in [5, 5.41) is 1.79. The van der Waals surface area contributed by atoms with E-state index in [0.717, 1.165) is 42.5 Å². The number of aromatic nitrogens is 1. The van der Waals surface area contributed by atoms with Crippen molar-refractivity contribution in [3.05, 3.63) is 41.0 Å². The fourth-order valence-electron chi connectivity index (χ4n) is 3.25. The summed E-state index contributed by atoms with van der Waals surface area (Å²) < 4.78 is 0. The first-order chi connectivity index (χ1) is 10.3. The van der Waals surface area contributed by atoms with Crippen LogP contribution < -0.4 is 5.73 Å². The summed E-state index contributed by atoms with van der Waals surface area (Å²) in [5.74, 6) is 0. The molecule has 0 bridgehead atoms. The molecule has 1 aliphatic rings. The molecule has 1 fully saturated rings. The summed E-state index contributed by atoms with van der Waals surface area (Å²) in [6.07, 6.45) is 4.89. The molecule has 1 aliphatic heterocycles. The average molecular weight is 304 g/mol. The van der Waals surface area contributed by atoms with Gasteiger partial charge in [-0.05, 0) is 44.5 Å². The number of para-hydroxylation sites is 1.